The quantitative estimate of drug-likeness (QED) is 0.219. The van der Waals surface area contributed by atoms with Crippen molar-refractivity contribution in [2.24, 2.45) is 0 Å². The van der Waals surface area contributed by atoms with Crippen LogP contribution in [0.2, 0.25) is 10.0 Å². The molecule has 2 aromatic carbocycles. The molecule has 2 rings (SSSR count). The summed E-state index contributed by atoms with van der Waals surface area (Å²) in [5.74, 6) is -0.606. The van der Waals surface area contributed by atoms with Crippen LogP contribution in [0.3, 0.4) is 0 Å². The van der Waals surface area contributed by atoms with Crippen LogP contribution >= 0.6 is 23.2 Å². The molecule has 0 unspecified atom stereocenters. The number of allylic oxidation sites excluding steroid dienone is 1. The summed E-state index contributed by atoms with van der Waals surface area (Å²) in [6.07, 6.45) is 1.68. The molecule has 0 fully saturated rings. The van der Waals surface area contributed by atoms with Crippen molar-refractivity contribution in [2.45, 2.75) is 19.8 Å². The molecule has 0 aliphatic rings. The van der Waals surface area contributed by atoms with Gasteiger partial charge >= 0.3 is 5.97 Å². The molecule has 0 bridgehead atoms. The summed E-state index contributed by atoms with van der Waals surface area (Å²) < 4.78 is 5.47. The van der Waals surface area contributed by atoms with Crippen LogP contribution in [0.5, 0.6) is 5.75 Å². The highest BCUT2D eigenvalue weighted by Gasteiger charge is 2.21. The van der Waals surface area contributed by atoms with E-state index in [1.54, 1.807) is 19.1 Å². The smallest absolute Gasteiger partial charge is 0.343 e. The predicted molar refractivity (Wildman–Crippen MR) is 97.9 cm³/mol. The normalized spacial score (nSPS) is 11.7. The van der Waals surface area contributed by atoms with Gasteiger partial charge in [0.15, 0.2) is 5.75 Å². The zero-order chi connectivity index (χ0) is 18.7. The fraction of sp³-hybridized carbons (Fsp3) is 0.167. The number of halogens is 2. The van der Waals surface area contributed by atoms with Gasteiger partial charge in [0.1, 0.15) is 0 Å². The zero-order valence-corrected chi connectivity index (χ0v) is 15.1. The maximum absolute atomic E-state index is 12.4. The molecule has 0 aliphatic carbocycles. The maximum Gasteiger partial charge on any atom is 0.343 e. The Kier molecular flexibility index (Phi) is 5.82. The van der Waals surface area contributed by atoms with Crippen molar-refractivity contribution < 1.29 is 14.5 Å². The van der Waals surface area contributed by atoms with Crippen molar-refractivity contribution in [3.8, 4) is 5.75 Å². The van der Waals surface area contributed by atoms with Crippen molar-refractivity contribution in [1.29, 1.82) is 0 Å². The molecule has 1 atom stereocenters. The topological polar surface area (TPSA) is 69.4 Å². The number of nitrogens with zero attached hydrogens (tertiary/aromatic N) is 1. The van der Waals surface area contributed by atoms with E-state index in [9.17, 15) is 14.9 Å². The monoisotopic (exact) mass is 379 g/mol. The van der Waals surface area contributed by atoms with Crippen molar-refractivity contribution in [3.05, 3.63) is 79.8 Å². The molecule has 130 valence electrons. The number of rotatable bonds is 5. The van der Waals surface area contributed by atoms with Gasteiger partial charge in [-0.3, -0.25) is 10.1 Å². The zero-order valence-electron chi connectivity index (χ0n) is 13.6. The van der Waals surface area contributed by atoms with E-state index < -0.39 is 10.9 Å². The molecule has 0 N–H and O–H groups in total. The number of carbonyl (C=O) groups excluding carboxylic acids is 1. The van der Waals surface area contributed by atoms with Gasteiger partial charge in [0.25, 0.3) is 5.69 Å². The third kappa shape index (κ3) is 4.00. The Hall–Kier alpha value is -2.37. The van der Waals surface area contributed by atoms with Gasteiger partial charge in [-0.1, -0.05) is 36.2 Å². The minimum atomic E-state index is -0.670. The molecule has 0 amide bonds. The highest BCUT2D eigenvalue weighted by molar-refractivity contribution is 6.37. The minimum Gasteiger partial charge on any atom is -0.421 e. The van der Waals surface area contributed by atoms with E-state index in [1.807, 2.05) is 6.92 Å². The molecular formula is C18H15Cl2NO4. The number of carbonyl (C=O) groups is 1. The predicted octanol–water partition coefficient (Wildman–Crippen LogP) is 5.72. The lowest BCUT2D eigenvalue weighted by molar-refractivity contribution is -0.384. The third-order valence-electron chi connectivity index (χ3n) is 3.78. The summed E-state index contributed by atoms with van der Waals surface area (Å²) in [5.41, 5.74) is 1.28. The molecule has 5 nitrogen and oxygen atoms in total. The van der Waals surface area contributed by atoms with Crippen LogP contribution in [0.15, 0.2) is 43.0 Å². The second-order valence-corrected chi connectivity index (χ2v) is 6.22. The van der Waals surface area contributed by atoms with E-state index in [-0.39, 0.29) is 27.9 Å². The number of nitro benzene ring substituents is 1. The van der Waals surface area contributed by atoms with E-state index in [1.165, 1.54) is 24.3 Å². The van der Waals surface area contributed by atoms with Gasteiger partial charge in [-0.15, -0.1) is 6.58 Å². The first-order valence-electron chi connectivity index (χ1n) is 7.34. The second kappa shape index (κ2) is 7.68. The van der Waals surface area contributed by atoms with Crippen LogP contribution in [-0.4, -0.2) is 10.9 Å². The van der Waals surface area contributed by atoms with E-state index in [0.717, 1.165) is 0 Å². The maximum atomic E-state index is 12.4. The molecule has 0 radical (unpaired) electrons. The summed E-state index contributed by atoms with van der Waals surface area (Å²) in [5, 5.41) is 11.4. The highest BCUT2D eigenvalue weighted by Crippen LogP contribution is 2.40. The van der Waals surface area contributed by atoms with Gasteiger partial charge in [0, 0.05) is 28.6 Å². The van der Waals surface area contributed by atoms with Gasteiger partial charge in [-0.25, -0.2) is 4.79 Å². The fourth-order valence-corrected chi connectivity index (χ4v) is 2.66. The Labute approximate surface area is 155 Å². The van der Waals surface area contributed by atoms with Crippen LogP contribution in [0.4, 0.5) is 5.69 Å². The van der Waals surface area contributed by atoms with E-state index >= 15 is 0 Å². The molecular weight excluding hydrogens is 365 g/mol. The summed E-state index contributed by atoms with van der Waals surface area (Å²) in [6, 6.07) is 6.81. The van der Waals surface area contributed by atoms with Crippen LogP contribution < -0.4 is 4.74 Å². The number of hydrogen-bond acceptors (Lipinski definition) is 4. The van der Waals surface area contributed by atoms with Crippen LogP contribution in [-0.2, 0) is 0 Å². The average Bonchev–Trinajstić information content (AvgIpc) is 2.61. The molecule has 0 saturated heterocycles. The van der Waals surface area contributed by atoms with Crippen molar-refractivity contribution in [2.75, 3.05) is 0 Å². The Balaban J connectivity index is 2.41. The lowest BCUT2D eigenvalue weighted by atomic mass is 9.98. The van der Waals surface area contributed by atoms with Crippen LogP contribution in [0.25, 0.3) is 0 Å². The average molecular weight is 380 g/mol. The molecule has 0 saturated carbocycles. The first-order valence-corrected chi connectivity index (χ1v) is 8.09. The van der Waals surface area contributed by atoms with Crippen molar-refractivity contribution in [3.63, 3.8) is 0 Å². The highest BCUT2D eigenvalue weighted by atomic mass is 35.5. The number of non-ortho nitro benzene ring substituents is 1. The molecule has 2 aromatic rings. The lowest BCUT2D eigenvalue weighted by Gasteiger charge is -2.17. The summed E-state index contributed by atoms with van der Waals surface area (Å²) >= 11 is 12.5. The standard InChI is InChI=1S/C18H15Cl2NO4/c1-4-10(2)14-9-15(19)11(3)16(20)17(14)25-18(22)12-5-7-13(8-6-12)21(23)24/h4-10H,1H2,2-3H3/t10-/m1/s1. The van der Waals surface area contributed by atoms with Crippen molar-refractivity contribution in [1.82, 2.24) is 0 Å². The van der Waals surface area contributed by atoms with Gasteiger partial charge in [0.05, 0.1) is 15.5 Å². The van der Waals surface area contributed by atoms with E-state index in [2.05, 4.69) is 6.58 Å². The third-order valence-corrected chi connectivity index (χ3v) is 4.63. The first-order chi connectivity index (χ1) is 11.8. The molecule has 0 spiro atoms. The minimum absolute atomic E-state index is 0.113. The molecule has 7 heteroatoms. The largest absolute Gasteiger partial charge is 0.421 e. The first kappa shape index (κ1) is 19.0. The van der Waals surface area contributed by atoms with Gasteiger partial charge < -0.3 is 4.74 Å². The van der Waals surface area contributed by atoms with Crippen LogP contribution in [0, 0.1) is 17.0 Å². The summed E-state index contributed by atoms with van der Waals surface area (Å²) in [6.45, 7) is 7.32. The number of esters is 1. The summed E-state index contributed by atoms with van der Waals surface area (Å²) in [7, 11) is 0. The van der Waals surface area contributed by atoms with Gasteiger partial charge in [-0.05, 0) is 30.7 Å². The number of nitro groups is 1. The Morgan fingerprint density at radius 3 is 2.44 bits per heavy atom. The number of benzene rings is 2. The Morgan fingerprint density at radius 2 is 1.92 bits per heavy atom. The second-order valence-electron chi connectivity index (χ2n) is 5.43. The molecule has 0 aromatic heterocycles. The van der Waals surface area contributed by atoms with E-state index in [4.69, 9.17) is 27.9 Å². The Morgan fingerprint density at radius 1 is 1.32 bits per heavy atom. The summed E-state index contributed by atoms with van der Waals surface area (Å²) in [4.78, 5) is 22.5. The van der Waals surface area contributed by atoms with Gasteiger partial charge in [0.2, 0.25) is 0 Å². The van der Waals surface area contributed by atoms with E-state index in [0.29, 0.717) is 16.1 Å². The molecule has 25 heavy (non-hydrogen) atoms. The number of hydrogen-bond donors (Lipinski definition) is 0. The van der Waals surface area contributed by atoms with Crippen LogP contribution in [0.1, 0.15) is 34.3 Å². The Bertz CT molecular complexity index is 847. The van der Waals surface area contributed by atoms with Gasteiger partial charge in [-0.2, -0.15) is 0 Å². The SMILES string of the molecule is C=C[C@@H](C)c1cc(Cl)c(C)c(Cl)c1OC(=O)c1ccc([N+](=O)[O-])cc1. The molecule has 0 aliphatic heterocycles. The van der Waals surface area contributed by atoms with Crippen molar-refractivity contribution >= 4 is 34.9 Å². The molecule has 0 heterocycles. The lowest BCUT2D eigenvalue weighted by Crippen LogP contribution is -2.11. The fourth-order valence-electron chi connectivity index (χ4n) is 2.15. The number of ether oxygens (including phenoxy) is 1.